The Hall–Kier alpha value is -3.35. The van der Waals surface area contributed by atoms with Crippen LogP contribution in [0.3, 0.4) is 0 Å². The Labute approximate surface area is 175 Å². The summed E-state index contributed by atoms with van der Waals surface area (Å²) < 4.78 is 34.7. The second-order valence-electron chi connectivity index (χ2n) is 6.17. The van der Waals surface area contributed by atoms with Gasteiger partial charge in [-0.3, -0.25) is 4.90 Å². The zero-order valence-corrected chi connectivity index (χ0v) is 17.3. The zero-order valence-electron chi connectivity index (χ0n) is 17.3. The molecule has 1 saturated heterocycles. The van der Waals surface area contributed by atoms with Crippen molar-refractivity contribution in [2.45, 2.75) is 26.3 Å². The number of allylic oxidation sites excluding steroid dienone is 2. The summed E-state index contributed by atoms with van der Waals surface area (Å²) in [5.41, 5.74) is 0.542. The number of carbonyl (C=O) groups is 1. The lowest BCUT2D eigenvalue weighted by molar-refractivity contribution is 0.178. The molecule has 1 amide bonds. The number of methoxy groups -OCH3 is 1. The molecule has 162 valence electrons. The molecule has 1 aliphatic rings. The Balaban J connectivity index is 0.000000289. The molecule has 1 N–H and O–H groups in total. The van der Waals surface area contributed by atoms with E-state index in [9.17, 15) is 13.6 Å². The van der Waals surface area contributed by atoms with Gasteiger partial charge in [0.1, 0.15) is 24.0 Å². The summed E-state index contributed by atoms with van der Waals surface area (Å²) in [6.45, 7) is 7.58. The molecule has 2 aromatic carbocycles. The highest BCUT2D eigenvalue weighted by Crippen LogP contribution is 2.26. The minimum Gasteiger partial charge on any atom is -0.513 e. The van der Waals surface area contributed by atoms with Crippen molar-refractivity contribution in [3.63, 3.8) is 0 Å². The number of rotatable bonds is 4. The number of benzene rings is 2. The van der Waals surface area contributed by atoms with Crippen LogP contribution in [0.25, 0.3) is 0 Å². The van der Waals surface area contributed by atoms with Gasteiger partial charge < -0.3 is 14.6 Å². The molecule has 1 aliphatic heterocycles. The number of hydrogen-bond acceptors (Lipinski definition) is 4. The SMILES string of the molecule is C/C=C\C.C=C(O)CC1COC(=O)N1c1ccc(F)cc1.COc1ccc(F)cc1. The monoisotopic (exact) mass is 419 g/mol. The van der Waals surface area contributed by atoms with Crippen LogP contribution in [-0.4, -0.2) is 31.0 Å². The van der Waals surface area contributed by atoms with Gasteiger partial charge in [-0.15, -0.1) is 0 Å². The first-order valence-corrected chi connectivity index (χ1v) is 9.27. The largest absolute Gasteiger partial charge is 0.513 e. The van der Waals surface area contributed by atoms with Crippen LogP contribution in [0.4, 0.5) is 19.3 Å². The van der Waals surface area contributed by atoms with E-state index in [2.05, 4.69) is 6.58 Å². The minimum absolute atomic E-state index is 0.0135. The Morgan fingerprint density at radius 3 is 2.07 bits per heavy atom. The molecule has 0 spiro atoms. The summed E-state index contributed by atoms with van der Waals surface area (Å²) in [7, 11) is 1.55. The standard InChI is InChI=1S/C12H12FNO3.C7H7FO.C4H8/c1-8(15)6-11-7-17-12(16)14(11)10-4-2-9(13)3-5-10;1-9-7-4-2-6(8)3-5-7;1-3-4-2/h2-5,11,15H,1,6-7H2;2-5H,1H3;3-4H,1-2H3/b;;4-3-. The van der Waals surface area contributed by atoms with E-state index < -0.39 is 6.09 Å². The molecule has 7 heteroatoms. The lowest BCUT2D eigenvalue weighted by atomic mass is 10.1. The van der Waals surface area contributed by atoms with Crippen LogP contribution in [0.2, 0.25) is 0 Å². The van der Waals surface area contributed by atoms with E-state index in [0.717, 1.165) is 0 Å². The number of hydrogen-bond donors (Lipinski definition) is 1. The first kappa shape index (κ1) is 24.7. The number of halogens is 2. The summed E-state index contributed by atoms with van der Waals surface area (Å²) >= 11 is 0. The number of aliphatic hydroxyl groups excluding tert-OH is 1. The van der Waals surface area contributed by atoms with Crippen LogP contribution in [0, 0.1) is 11.6 Å². The fraction of sp³-hybridized carbons (Fsp3) is 0.261. The van der Waals surface area contributed by atoms with E-state index in [0.29, 0.717) is 11.4 Å². The third-order valence-corrected chi connectivity index (χ3v) is 3.92. The molecule has 1 unspecified atom stereocenters. The van der Waals surface area contributed by atoms with Gasteiger partial charge in [0.25, 0.3) is 0 Å². The summed E-state index contributed by atoms with van der Waals surface area (Å²) in [6, 6.07) is 11.1. The van der Waals surface area contributed by atoms with Gasteiger partial charge in [-0.25, -0.2) is 13.6 Å². The van der Waals surface area contributed by atoms with E-state index in [1.807, 2.05) is 26.0 Å². The summed E-state index contributed by atoms with van der Waals surface area (Å²) in [5, 5.41) is 9.16. The molecule has 1 heterocycles. The van der Waals surface area contributed by atoms with Gasteiger partial charge in [-0.2, -0.15) is 0 Å². The van der Waals surface area contributed by atoms with Crippen LogP contribution in [0.5, 0.6) is 5.75 Å². The highest BCUT2D eigenvalue weighted by atomic mass is 19.1. The minimum atomic E-state index is -0.497. The molecule has 1 fully saturated rings. The molecular formula is C23H27F2NO4. The molecule has 3 rings (SSSR count). The smallest absolute Gasteiger partial charge is 0.414 e. The summed E-state index contributed by atoms with van der Waals surface area (Å²) in [4.78, 5) is 12.9. The van der Waals surface area contributed by atoms with E-state index in [1.165, 1.54) is 41.3 Å². The van der Waals surface area contributed by atoms with Gasteiger partial charge in [0.15, 0.2) is 0 Å². The molecule has 0 aliphatic carbocycles. The average Bonchev–Trinajstić information content (AvgIpc) is 3.09. The second kappa shape index (κ2) is 13.0. The maximum absolute atomic E-state index is 12.8. The first-order valence-electron chi connectivity index (χ1n) is 9.27. The Bertz CT molecular complexity index is 816. The molecule has 2 aromatic rings. The number of nitrogens with zero attached hydrogens (tertiary/aromatic N) is 1. The van der Waals surface area contributed by atoms with Crippen molar-refractivity contribution in [3.8, 4) is 5.75 Å². The normalized spacial score (nSPS) is 14.9. The van der Waals surface area contributed by atoms with Crippen molar-refractivity contribution in [1.29, 1.82) is 0 Å². The number of anilines is 1. The molecule has 0 bridgehead atoms. The van der Waals surface area contributed by atoms with Crippen molar-refractivity contribution < 1.29 is 28.2 Å². The number of ether oxygens (including phenoxy) is 2. The molecule has 1 atom stereocenters. The van der Waals surface area contributed by atoms with Crippen molar-refractivity contribution in [3.05, 3.63) is 84.7 Å². The molecule has 30 heavy (non-hydrogen) atoms. The number of amides is 1. The maximum Gasteiger partial charge on any atom is 0.414 e. The van der Waals surface area contributed by atoms with Gasteiger partial charge in [-0.1, -0.05) is 18.7 Å². The quantitative estimate of drug-likeness (QED) is 0.486. The molecule has 0 aromatic heterocycles. The second-order valence-corrected chi connectivity index (χ2v) is 6.17. The predicted molar refractivity (Wildman–Crippen MR) is 114 cm³/mol. The third kappa shape index (κ3) is 8.34. The lowest BCUT2D eigenvalue weighted by Gasteiger charge is -2.20. The van der Waals surface area contributed by atoms with Crippen LogP contribution < -0.4 is 9.64 Å². The van der Waals surface area contributed by atoms with E-state index in [4.69, 9.17) is 14.6 Å². The summed E-state index contributed by atoms with van der Waals surface area (Å²) in [5.74, 6) is 0.0528. The van der Waals surface area contributed by atoms with Gasteiger partial charge in [0.2, 0.25) is 0 Å². The van der Waals surface area contributed by atoms with Gasteiger partial charge in [0.05, 0.1) is 18.9 Å². The third-order valence-electron chi connectivity index (χ3n) is 3.92. The molecule has 5 nitrogen and oxygen atoms in total. The number of aliphatic hydroxyl groups is 1. The van der Waals surface area contributed by atoms with E-state index in [1.54, 1.807) is 19.2 Å². The van der Waals surface area contributed by atoms with Gasteiger partial charge >= 0.3 is 6.09 Å². The van der Waals surface area contributed by atoms with Crippen molar-refractivity contribution in [1.82, 2.24) is 0 Å². The number of cyclic esters (lactones) is 1. The first-order chi connectivity index (χ1) is 14.3. The van der Waals surface area contributed by atoms with E-state index in [-0.39, 0.29) is 36.5 Å². The van der Waals surface area contributed by atoms with E-state index >= 15 is 0 Å². The van der Waals surface area contributed by atoms with Crippen molar-refractivity contribution in [2.24, 2.45) is 0 Å². The fourth-order valence-corrected chi connectivity index (χ4v) is 2.37. The van der Waals surface area contributed by atoms with Gasteiger partial charge in [-0.05, 0) is 62.4 Å². The fourth-order valence-electron chi connectivity index (χ4n) is 2.37. The lowest BCUT2D eigenvalue weighted by Crippen LogP contribution is -2.33. The highest BCUT2D eigenvalue weighted by molar-refractivity contribution is 5.90. The zero-order chi connectivity index (χ0) is 22.5. The van der Waals surface area contributed by atoms with Crippen LogP contribution in [-0.2, 0) is 4.74 Å². The molecular weight excluding hydrogens is 392 g/mol. The predicted octanol–water partition coefficient (Wildman–Crippen LogP) is 6.03. The topological polar surface area (TPSA) is 59.0 Å². The highest BCUT2D eigenvalue weighted by Gasteiger charge is 2.34. The Kier molecular flexibility index (Phi) is 10.7. The Morgan fingerprint density at radius 2 is 1.63 bits per heavy atom. The van der Waals surface area contributed by atoms with Crippen LogP contribution >= 0.6 is 0 Å². The summed E-state index contributed by atoms with van der Waals surface area (Å²) in [6.07, 6.45) is 3.74. The average molecular weight is 419 g/mol. The van der Waals surface area contributed by atoms with Crippen molar-refractivity contribution in [2.75, 3.05) is 18.6 Å². The number of carbonyl (C=O) groups excluding carboxylic acids is 1. The molecule has 0 radical (unpaired) electrons. The van der Waals surface area contributed by atoms with Crippen LogP contribution in [0.1, 0.15) is 20.3 Å². The van der Waals surface area contributed by atoms with Gasteiger partial charge in [0, 0.05) is 12.1 Å². The maximum atomic E-state index is 12.8. The van der Waals surface area contributed by atoms with Crippen molar-refractivity contribution >= 4 is 11.8 Å². The van der Waals surface area contributed by atoms with Crippen LogP contribution in [0.15, 0.2) is 73.0 Å². The Morgan fingerprint density at radius 1 is 1.13 bits per heavy atom. The molecule has 0 saturated carbocycles.